The molecule has 1 fully saturated rings. The average molecular weight is 288 g/mol. The van der Waals surface area contributed by atoms with E-state index in [9.17, 15) is 4.79 Å². The molecule has 1 saturated carbocycles. The summed E-state index contributed by atoms with van der Waals surface area (Å²) in [6.45, 7) is 2.17. The molecule has 0 aromatic heterocycles. The third-order valence-electron chi connectivity index (χ3n) is 3.39. The highest BCUT2D eigenvalue weighted by Gasteiger charge is 2.67. The molecule has 98 valence electrons. The van der Waals surface area contributed by atoms with E-state index in [1.807, 2.05) is 24.3 Å². The summed E-state index contributed by atoms with van der Waals surface area (Å²) >= 11 is 11.9. The van der Waals surface area contributed by atoms with Crippen LogP contribution in [0.25, 0.3) is 0 Å². The Bertz CT molecular complexity index is 476. The second kappa shape index (κ2) is 4.63. The molecule has 1 N–H and O–H groups in total. The third-order valence-corrected chi connectivity index (χ3v) is 4.49. The highest BCUT2D eigenvalue weighted by molar-refractivity contribution is 6.53. The van der Waals surface area contributed by atoms with E-state index in [4.69, 9.17) is 27.9 Å². The first-order chi connectivity index (χ1) is 8.40. The van der Waals surface area contributed by atoms with E-state index in [-0.39, 0.29) is 5.91 Å². The Labute approximate surface area is 116 Å². The van der Waals surface area contributed by atoms with Crippen molar-refractivity contribution < 1.29 is 9.53 Å². The molecule has 1 aromatic carbocycles. The number of carbonyl (C=O) groups is 1. The molecule has 0 aliphatic heterocycles. The fourth-order valence-corrected chi connectivity index (χ4v) is 2.57. The quantitative estimate of drug-likeness (QED) is 0.865. The number of hydrogen-bond donors (Lipinski definition) is 1. The van der Waals surface area contributed by atoms with Crippen LogP contribution < -0.4 is 10.1 Å². The number of rotatable bonds is 4. The lowest BCUT2D eigenvalue weighted by molar-refractivity contribution is -0.125. The maximum atomic E-state index is 12.0. The predicted octanol–water partition coefficient (Wildman–Crippen LogP) is 2.90. The molecule has 1 amide bonds. The standard InChI is InChI=1S/C13H15Cl2NO2/c1-12(8-13(12,14)15)11(17)16-7-9-5-3-4-6-10(9)18-2/h3-6H,7-8H2,1-2H3,(H,16,17)/t12-/m0/s1. The smallest absolute Gasteiger partial charge is 0.229 e. The molecule has 3 nitrogen and oxygen atoms in total. The molecule has 0 spiro atoms. The molecule has 0 bridgehead atoms. The minimum Gasteiger partial charge on any atom is -0.496 e. The van der Waals surface area contributed by atoms with Gasteiger partial charge in [0.1, 0.15) is 10.1 Å². The van der Waals surface area contributed by atoms with Crippen molar-refractivity contribution in [3.8, 4) is 5.75 Å². The van der Waals surface area contributed by atoms with Crippen molar-refractivity contribution in [1.29, 1.82) is 0 Å². The molecule has 0 unspecified atom stereocenters. The molecule has 2 rings (SSSR count). The van der Waals surface area contributed by atoms with Crippen LogP contribution in [0.15, 0.2) is 24.3 Å². The van der Waals surface area contributed by atoms with Gasteiger partial charge in [-0.15, -0.1) is 23.2 Å². The minimum atomic E-state index is -0.933. The van der Waals surface area contributed by atoms with E-state index >= 15 is 0 Å². The Balaban J connectivity index is 1.99. The van der Waals surface area contributed by atoms with Gasteiger partial charge in [-0.1, -0.05) is 18.2 Å². The van der Waals surface area contributed by atoms with E-state index < -0.39 is 9.75 Å². The second-order valence-electron chi connectivity index (χ2n) is 4.71. The van der Waals surface area contributed by atoms with Crippen LogP contribution in [0.3, 0.4) is 0 Å². The Morgan fingerprint density at radius 2 is 2.06 bits per heavy atom. The molecule has 0 saturated heterocycles. The van der Waals surface area contributed by atoms with E-state index in [2.05, 4.69) is 5.32 Å². The van der Waals surface area contributed by atoms with Gasteiger partial charge in [-0.2, -0.15) is 0 Å². The van der Waals surface area contributed by atoms with Gasteiger partial charge in [0.25, 0.3) is 0 Å². The summed E-state index contributed by atoms with van der Waals surface area (Å²) in [6.07, 6.45) is 0.487. The topological polar surface area (TPSA) is 38.3 Å². The molecule has 1 aromatic rings. The molecule has 1 atom stereocenters. The maximum absolute atomic E-state index is 12.0. The highest BCUT2D eigenvalue weighted by atomic mass is 35.5. The monoisotopic (exact) mass is 287 g/mol. The number of alkyl halides is 2. The van der Waals surface area contributed by atoms with Gasteiger partial charge >= 0.3 is 0 Å². The van der Waals surface area contributed by atoms with Gasteiger partial charge in [-0.3, -0.25) is 4.79 Å². The summed E-state index contributed by atoms with van der Waals surface area (Å²) in [5.74, 6) is 0.625. The first kappa shape index (κ1) is 13.5. The van der Waals surface area contributed by atoms with Crippen LogP contribution >= 0.6 is 23.2 Å². The molecular formula is C13H15Cl2NO2. The molecule has 18 heavy (non-hydrogen) atoms. The van der Waals surface area contributed by atoms with Crippen LogP contribution in [-0.2, 0) is 11.3 Å². The van der Waals surface area contributed by atoms with Crippen molar-refractivity contribution in [3.63, 3.8) is 0 Å². The van der Waals surface area contributed by atoms with Crippen LogP contribution in [0.5, 0.6) is 5.75 Å². The summed E-state index contributed by atoms with van der Waals surface area (Å²) in [5, 5.41) is 2.84. The first-order valence-electron chi connectivity index (χ1n) is 5.69. The zero-order valence-electron chi connectivity index (χ0n) is 10.3. The number of amides is 1. The molecule has 1 aliphatic rings. The number of nitrogens with one attached hydrogen (secondary N) is 1. The SMILES string of the molecule is COc1ccccc1CNC(=O)[C@]1(C)CC1(Cl)Cl. The summed E-state index contributed by atoms with van der Waals surface area (Å²) in [6, 6.07) is 7.54. The van der Waals surface area contributed by atoms with Crippen LogP contribution in [0.4, 0.5) is 0 Å². The number of halogens is 2. The molecule has 1 aliphatic carbocycles. The van der Waals surface area contributed by atoms with E-state index in [1.54, 1.807) is 14.0 Å². The zero-order valence-corrected chi connectivity index (χ0v) is 11.8. The number of carbonyl (C=O) groups excluding carboxylic acids is 1. The number of methoxy groups -OCH3 is 1. The summed E-state index contributed by atoms with van der Waals surface area (Å²) < 4.78 is 4.28. The van der Waals surface area contributed by atoms with Crippen LogP contribution in [0.1, 0.15) is 18.9 Å². The summed E-state index contributed by atoms with van der Waals surface area (Å²) in [7, 11) is 1.60. The minimum absolute atomic E-state index is 0.126. The van der Waals surface area contributed by atoms with Crippen molar-refractivity contribution >= 4 is 29.1 Å². The number of para-hydroxylation sites is 1. The fourth-order valence-electron chi connectivity index (χ4n) is 1.87. The van der Waals surface area contributed by atoms with Crippen molar-refractivity contribution in [2.24, 2.45) is 5.41 Å². The Hall–Kier alpha value is -0.930. The largest absolute Gasteiger partial charge is 0.496 e. The third kappa shape index (κ3) is 2.29. The second-order valence-corrected chi connectivity index (χ2v) is 6.19. The Morgan fingerprint density at radius 3 is 2.61 bits per heavy atom. The summed E-state index contributed by atoms with van der Waals surface area (Å²) in [5.41, 5.74) is 0.241. The van der Waals surface area contributed by atoms with Gasteiger partial charge in [0.05, 0.1) is 12.5 Å². The highest BCUT2D eigenvalue weighted by Crippen LogP contribution is 2.63. The fraction of sp³-hybridized carbons (Fsp3) is 0.462. The van der Waals surface area contributed by atoms with Crippen LogP contribution in [-0.4, -0.2) is 17.4 Å². The van der Waals surface area contributed by atoms with Crippen LogP contribution in [0.2, 0.25) is 0 Å². The molecule has 5 heteroatoms. The van der Waals surface area contributed by atoms with Gasteiger partial charge in [0.15, 0.2) is 0 Å². The Kier molecular flexibility index (Phi) is 3.47. The molecule has 0 radical (unpaired) electrons. The lowest BCUT2D eigenvalue weighted by atomic mass is 10.1. The normalized spacial score (nSPS) is 24.4. The lowest BCUT2D eigenvalue weighted by Crippen LogP contribution is -2.32. The Morgan fingerprint density at radius 1 is 1.44 bits per heavy atom. The molecule has 0 heterocycles. The predicted molar refractivity (Wildman–Crippen MR) is 72.0 cm³/mol. The van der Waals surface area contributed by atoms with E-state index in [0.29, 0.717) is 13.0 Å². The zero-order chi connectivity index (χ0) is 13.4. The van der Waals surface area contributed by atoms with E-state index in [1.165, 1.54) is 0 Å². The lowest BCUT2D eigenvalue weighted by Gasteiger charge is -2.14. The number of ether oxygens (including phenoxy) is 1. The molecular weight excluding hydrogens is 273 g/mol. The number of hydrogen-bond acceptors (Lipinski definition) is 2. The first-order valence-corrected chi connectivity index (χ1v) is 6.44. The maximum Gasteiger partial charge on any atom is 0.229 e. The van der Waals surface area contributed by atoms with Gasteiger partial charge in [-0.25, -0.2) is 0 Å². The number of benzene rings is 1. The van der Waals surface area contributed by atoms with Gasteiger partial charge in [0.2, 0.25) is 5.91 Å². The van der Waals surface area contributed by atoms with Gasteiger partial charge < -0.3 is 10.1 Å². The van der Waals surface area contributed by atoms with Gasteiger partial charge in [0, 0.05) is 12.1 Å². The summed E-state index contributed by atoms with van der Waals surface area (Å²) in [4.78, 5) is 12.0. The van der Waals surface area contributed by atoms with Crippen molar-refractivity contribution in [3.05, 3.63) is 29.8 Å². The average Bonchev–Trinajstić information content (AvgIpc) is 2.87. The van der Waals surface area contributed by atoms with Crippen LogP contribution in [0, 0.1) is 5.41 Å². The van der Waals surface area contributed by atoms with Gasteiger partial charge in [-0.05, 0) is 19.4 Å². The van der Waals surface area contributed by atoms with E-state index in [0.717, 1.165) is 11.3 Å². The van der Waals surface area contributed by atoms with Crippen molar-refractivity contribution in [1.82, 2.24) is 5.32 Å². The van der Waals surface area contributed by atoms with Crippen molar-refractivity contribution in [2.75, 3.05) is 7.11 Å². The van der Waals surface area contributed by atoms with Crippen molar-refractivity contribution in [2.45, 2.75) is 24.2 Å².